The third-order valence-corrected chi connectivity index (χ3v) is 2.31. The lowest BCUT2D eigenvalue weighted by atomic mass is 10.2. The zero-order valence-corrected chi connectivity index (χ0v) is 10.2. The molecule has 0 aliphatic rings. The Morgan fingerprint density at radius 2 is 2.06 bits per heavy atom. The summed E-state index contributed by atoms with van der Waals surface area (Å²) in [6.07, 6.45) is 1.97. The molecule has 0 unspecified atom stereocenters. The second kappa shape index (κ2) is 6.89. The number of nitrogens with one attached hydrogen (secondary N) is 1. The monoisotopic (exact) mass is 239 g/mol. The predicted octanol–water partition coefficient (Wildman–Crippen LogP) is 2.51. The number of carbonyl (C=O) groups excluding carboxylic acids is 1. The van der Waals surface area contributed by atoms with Crippen LogP contribution < -0.4 is 10.1 Å². The first-order chi connectivity index (χ1) is 8.11. The largest absolute Gasteiger partial charge is 0.484 e. The number of hydrogen-bond acceptors (Lipinski definition) is 2. The van der Waals surface area contributed by atoms with Gasteiger partial charge in [-0.15, -0.1) is 0 Å². The van der Waals surface area contributed by atoms with Gasteiger partial charge in [-0.3, -0.25) is 4.79 Å². The second-order valence-electron chi connectivity index (χ2n) is 4.00. The van der Waals surface area contributed by atoms with Crippen LogP contribution in [0.25, 0.3) is 0 Å². The van der Waals surface area contributed by atoms with E-state index in [4.69, 9.17) is 4.74 Å². The van der Waals surface area contributed by atoms with Gasteiger partial charge in [0.2, 0.25) is 0 Å². The molecule has 0 aliphatic carbocycles. The zero-order valence-electron chi connectivity index (χ0n) is 10.2. The summed E-state index contributed by atoms with van der Waals surface area (Å²) in [5.41, 5.74) is 0. The molecule has 17 heavy (non-hydrogen) atoms. The average Bonchev–Trinajstić information content (AvgIpc) is 2.28. The van der Waals surface area contributed by atoms with E-state index in [1.807, 2.05) is 6.92 Å². The fourth-order valence-corrected chi connectivity index (χ4v) is 1.50. The molecule has 1 aromatic rings. The van der Waals surface area contributed by atoms with Crippen LogP contribution >= 0.6 is 0 Å². The van der Waals surface area contributed by atoms with E-state index in [1.54, 1.807) is 0 Å². The number of ether oxygens (including phenoxy) is 1. The van der Waals surface area contributed by atoms with Gasteiger partial charge in [-0.1, -0.05) is 13.3 Å². The van der Waals surface area contributed by atoms with Crippen LogP contribution in [-0.2, 0) is 4.79 Å². The molecule has 3 nitrogen and oxygen atoms in total. The van der Waals surface area contributed by atoms with Crippen molar-refractivity contribution in [2.24, 2.45) is 0 Å². The van der Waals surface area contributed by atoms with Crippen LogP contribution in [0.3, 0.4) is 0 Å². The van der Waals surface area contributed by atoms with Crippen LogP contribution in [0.4, 0.5) is 4.39 Å². The molecule has 0 aromatic heterocycles. The molecule has 0 bridgehead atoms. The van der Waals surface area contributed by atoms with Crippen LogP contribution in [0.5, 0.6) is 5.75 Å². The molecule has 0 fully saturated rings. The number of halogens is 1. The van der Waals surface area contributed by atoms with Crippen molar-refractivity contribution >= 4 is 5.91 Å². The first-order valence-corrected chi connectivity index (χ1v) is 5.79. The van der Waals surface area contributed by atoms with E-state index in [0.717, 1.165) is 12.8 Å². The van der Waals surface area contributed by atoms with Crippen molar-refractivity contribution in [1.82, 2.24) is 5.32 Å². The smallest absolute Gasteiger partial charge is 0.258 e. The highest BCUT2D eigenvalue weighted by molar-refractivity contribution is 5.77. The quantitative estimate of drug-likeness (QED) is 0.828. The minimum atomic E-state index is -0.321. The number of hydrogen-bond donors (Lipinski definition) is 1. The maximum atomic E-state index is 12.6. The van der Waals surface area contributed by atoms with Crippen LogP contribution in [0.15, 0.2) is 24.3 Å². The molecule has 0 saturated carbocycles. The minimum Gasteiger partial charge on any atom is -0.484 e. The van der Waals surface area contributed by atoms with Crippen molar-refractivity contribution in [1.29, 1.82) is 0 Å². The van der Waals surface area contributed by atoms with Gasteiger partial charge in [0.25, 0.3) is 5.91 Å². The van der Waals surface area contributed by atoms with E-state index in [0.29, 0.717) is 5.75 Å². The third-order valence-electron chi connectivity index (χ3n) is 2.31. The van der Waals surface area contributed by atoms with Crippen LogP contribution in [0.2, 0.25) is 0 Å². The maximum absolute atomic E-state index is 12.6. The van der Waals surface area contributed by atoms with Crippen LogP contribution in [-0.4, -0.2) is 18.6 Å². The summed E-state index contributed by atoms with van der Waals surface area (Å²) >= 11 is 0. The third kappa shape index (κ3) is 5.33. The van der Waals surface area contributed by atoms with E-state index in [1.165, 1.54) is 24.3 Å². The molecule has 0 spiro atoms. The number of rotatable bonds is 6. The standard InChI is InChI=1S/C13H18FNO2/c1-3-4-10(2)15-13(16)9-17-12-7-5-11(14)6-8-12/h5-8,10H,3-4,9H2,1-2H3,(H,15,16)/t10-/m0/s1. The lowest BCUT2D eigenvalue weighted by molar-refractivity contribution is -0.123. The van der Waals surface area contributed by atoms with E-state index >= 15 is 0 Å². The van der Waals surface area contributed by atoms with Gasteiger partial charge in [0.05, 0.1) is 0 Å². The summed E-state index contributed by atoms with van der Waals surface area (Å²) in [4.78, 5) is 11.5. The first-order valence-electron chi connectivity index (χ1n) is 5.79. The predicted molar refractivity (Wildman–Crippen MR) is 64.4 cm³/mol. The molecule has 94 valence electrons. The van der Waals surface area contributed by atoms with Crippen molar-refractivity contribution < 1.29 is 13.9 Å². The molecule has 0 radical (unpaired) electrons. The summed E-state index contributed by atoms with van der Waals surface area (Å²) in [6, 6.07) is 5.75. The van der Waals surface area contributed by atoms with Crippen molar-refractivity contribution in [3.8, 4) is 5.75 Å². The first kappa shape index (κ1) is 13.5. The Morgan fingerprint density at radius 3 is 2.65 bits per heavy atom. The molecule has 1 rings (SSSR count). The van der Waals surface area contributed by atoms with E-state index in [2.05, 4.69) is 12.2 Å². The SMILES string of the molecule is CCC[C@H](C)NC(=O)COc1ccc(F)cc1. The molecule has 1 amide bonds. The average molecular weight is 239 g/mol. The Hall–Kier alpha value is -1.58. The lowest BCUT2D eigenvalue weighted by Gasteiger charge is -2.13. The van der Waals surface area contributed by atoms with Crippen LogP contribution in [0, 0.1) is 5.82 Å². The maximum Gasteiger partial charge on any atom is 0.258 e. The Balaban J connectivity index is 2.30. The molecule has 1 N–H and O–H groups in total. The molecule has 0 saturated heterocycles. The highest BCUT2D eigenvalue weighted by atomic mass is 19.1. The summed E-state index contributed by atoms with van der Waals surface area (Å²) < 4.78 is 17.8. The van der Waals surface area contributed by atoms with Crippen molar-refractivity contribution in [2.45, 2.75) is 32.7 Å². The van der Waals surface area contributed by atoms with E-state index in [-0.39, 0.29) is 24.4 Å². The van der Waals surface area contributed by atoms with Gasteiger partial charge in [0.1, 0.15) is 11.6 Å². The van der Waals surface area contributed by atoms with Gasteiger partial charge < -0.3 is 10.1 Å². The van der Waals surface area contributed by atoms with Gasteiger partial charge >= 0.3 is 0 Å². The van der Waals surface area contributed by atoms with E-state index in [9.17, 15) is 9.18 Å². The van der Waals surface area contributed by atoms with Crippen molar-refractivity contribution in [2.75, 3.05) is 6.61 Å². The Morgan fingerprint density at radius 1 is 1.41 bits per heavy atom. The molecule has 0 heterocycles. The topological polar surface area (TPSA) is 38.3 Å². The van der Waals surface area contributed by atoms with Gasteiger partial charge in [0, 0.05) is 6.04 Å². The van der Waals surface area contributed by atoms with Crippen molar-refractivity contribution in [3.63, 3.8) is 0 Å². The number of amides is 1. The Kier molecular flexibility index (Phi) is 5.46. The molecule has 1 aromatic carbocycles. The molecule has 4 heteroatoms. The fraction of sp³-hybridized carbons (Fsp3) is 0.462. The minimum absolute atomic E-state index is 0.0420. The lowest BCUT2D eigenvalue weighted by Crippen LogP contribution is -2.35. The van der Waals surface area contributed by atoms with E-state index < -0.39 is 0 Å². The Labute approximate surface area is 101 Å². The normalized spacial score (nSPS) is 11.9. The number of benzene rings is 1. The molecule has 0 aliphatic heterocycles. The summed E-state index contributed by atoms with van der Waals surface area (Å²) in [5, 5.41) is 2.82. The molecular weight excluding hydrogens is 221 g/mol. The van der Waals surface area contributed by atoms with Gasteiger partial charge in [0.15, 0.2) is 6.61 Å². The van der Waals surface area contributed by atoms with Gasteiger partial charge in [-0.25, -0.2) is 4.39 Å². The zero-order chi connectivity index (χ0) is 12.7. The number of carbonyl (C=O) groups is 1. The fourth-order valence-electron chi connectivity index (χ4n) is 1.50. The molecular formula is C13H18FNO2. The summed E-state index contributed by atoms with van der Waals surface area (Å²) in [5.74, 6) is 0.0124. The summed E-state index contributed by atoms with van der Waals surface area (Å²) in [7, 11) is 0. The second-order valence-corrected chi connectivity index (χ2v) is 4.00. The van der Waals surface area contributed by atoms with Gasteiger partial charge in [-0.05, 0) is 37.6 Å². The summed E-state index contributed by atoms with van der Waals surface area (Å²) in [6.45, 7) is 3.98. The Bertz CT molecular complexity index is 351. The van der Waals surface area contributed by atoms with Crippen molar-refractivity contribution in [3.05, 3.63) is 30.1 Å². The molecule has 1 atom stereocenters. The van der Waals surface area contributed by atoms with Gasteiger partial charge in [-0.2, -0.15) is 0 Å². The highest BCUT2D eigenvalue weighted by Crippen LogP contribution is 2.10. The van der Waals surface area contributed by atoms with Crippen LogP contribution in [0.1, 0.15) is 26.7 Å². The highest BCUT2D eigenvalue weighted by Gasteiger charge is 2.06.